The van der Waals surface area contributed by atoms with Gasteiger partial charge in [-0.2, -0.15) is 0 Å². The van der Waals surface area contributed by atoms with E-state index < -0.39 is 0 Å². The third-order valence-electron chi connectivity index (χ3n) is 9.31. The monoisotopic (exact) mass is 532 g/mol. The summed E-state index contributed by atoms with van der Waals surface area (Å²) in [5.41, 5.74) is 14.4. The van der Waals surface area contributed by atoms with E-state index in [1.165, 1.54) is 84.8 Å². The minimum atomic E-state index is -0.0355. The lowest BCUT2D eigenvalue weighted by atomic mass is 9.70. The summed E-state index contributed by atoms with van der Waals surface area (Å²) >= 11 is 0. The number of nitrogens with one attached hydrogen (secondary N) is 1. The molecule has 3 N–H and O–H groups in total. The highest BCUT2D eigenvalue weighted by Crippen LogP contribution is 2.43. The number of hydrogen-bond donors (Lipinski definition) is 2. The van der Waals surface area contributed by atoms with Crippen LogP contribution in [0.3, 0.4) is 0 Å². The van der Waals surface area contributed by atoms with Gasteiger partial charge in [0.25, 0.3) is 0 Å². The van der Waals surface area contributed by atoms with Gasteiger partial charge in [0.05, 0.1) is 0 Å². The van der Waals surface area contributed by atoms with Crippen LogP contribution in [-0.4, -0.2) is 13.1 Å². The molecular formula is C38H48N2. The summed E-state index contributed by atoms with van der Waals surface area (Å²) in [5.74, 6) is 0. The van der Waals surface area contributed by atoms with Crippen LogP contribution < -0.4 is 11.1 Å². The van der Waals surface area contributed by atoms with Gasteiger partial charge >= 0.3 is 0 Å². The second kappa shape index (κ2) is 13.6. The summed E-state index contributed by atoms with van der Waals surface area (Å²) in [6.07, 6.45) is 20.4. The van der Waals surface area contributed by atoms with E-state index >= 15 is 0 Å². The van der Waals surface area contributed by atoms with Gasteiger partial charge in [0.15, 0.2) is 0 Å². The highest BCUT2D eigenvalue weighted by molar-refractivity contribution is 5.68. The first-order valence-electron chi connectivity index (χ1n) is 15.7. The van der Waals surface area contributed by atoms with E-state index in [0.717, 1.165) is 25.8 Å². The highest BCUT2D eigenvalue weighted by Gasteiger charge is 2.35. The molecule has 2 aliphatic rings. The van der Waals surface area contributed by atoms with Crippen molar-refractivity contribution in [2.75, 3.05) is 13.1 Å². The Balaban J connectivity index is 1.58. The van der Waals surface area contributed by atoms with Gasteiger partial charge in [0.2, 0.25) is 0 Å². The summed E-state index contributed by atoms with van der Waals surface area (Å²) in [5, 5.41) is 4.08. The number of hydrogen-bond acceptors (Lipinski definition) is 2. The van der Waals surface area contributed by atoms with E-state index in [1.807, 2.05) is 0 Å². The third-order valence-corrected chi connectivity index (χ3v) is 9.31. The molecule has 40 heavy (non-hydrogen) atoms. The Hall–Kier alpha value is -2.94. The van der Waals surface area contributed by atoms with Crippen molar-refractivity contribution in [3.05, 3.63) is 119 Å². The molecule has 0 bridgehead atoms. The van der Waals surface area contributed by atoms with Crippen LogP contribution in [0.4, 0.5) is 0 Å². The van der Waals surface area contributed by atoms with Crippen LogP contribution in [0.1, 0.15) is 81.4 Å². The van der Waals surface area contributed by atoms with Gasteiger partial charge < -0.3 is 11.1 Å². The second-order valence-corrected chi connectivity index (χ2v) is 12.2. The average molecular weight is 533 g/mol. The molecule has 1 fully saturated rings. The first-order valence-corrected chi connectivity index (χ1v) is 15.7. The Bertz CT molecular complexity index is 1270. The second-order valence-electron chi connectivity index (χ2n) is 12.2. The SMILES string of the molecule is CCCCCC1(Cc2cc(C3(Cc4ccccc4)CCCCCN3)ccc2-c2ccccc2)C=CC(CN)=CC1. The van der Waals surface area contributed by atoms with Crippen molar-refractivity contribution < 1.29 is 0 Å². The molecule has 2 nitrogen and oxygen atoms in total. The number of unbranched alkanes of at least 4 members (excludes halogenated alkanes) is 2. The van der Waals surface area contributed by atoms with Crippen LogP contribution in [0, 0.1) is 5.41 Å². The smallest absolute Gasteiger partial charge is 0.0475 e. The van der Waals surface area contributed by atoms with Gasteiger partial charge in [0.1, 0.15) is 0 Å². The molecule has 2 atom stereocenters. The molecule has 3 aromatic carbocycles. The van der Waals surface area contributed by atoms with Crippen molar-refractivity contribution in [1.29, 1.82) is 0 Å². The zero-order valence-electron chi connectivity index (χ0n) is 24.5. The van der Waals surface area contributed by atoms with Crippen LogP contribution in [0.25, 0.3) is 11.1 Å². The van der Waals surface area contributed by atoms with Crippen LogP contribution in [0.2, 0.25) is 0 Å². The Morgan fingerprint density at radius 2 is 1.65 bits per heavy atom. The number of benzene rings is 3. The predicted molar refractivity (Wildman–Crippen MR) is 171 cm³/mol. The molecule has 1 saturated heterocycles. The van der Waals surface area contributed by atoms with Crippen LogP contribution in [0.5, 0.6) is 0 Å². The minimum absolute atomic E-state index is 0.0355. The molecule has 1 aliphatic carbocycles. The summed E-state index contributed by atoms with van der Waals surface area (Å²) in [4.78, 5) is 0. The standard InChI is InChI=1S/C38H48N2/c1-2-3-11-22-37(24-20-32(30-39)21-25-37)29-34-27-35(18-19-36(34)33-16-9-5-10-17-33)38(23-12-6-13-26-40-38)28-31-14-7-4-8-15-31/h4-5,7-10,14-21,24,27,40H,2-3,6,11-13,22-23,25-26,28-30,39H2,1H3. The van der Waals surface area contributed by atoms with E-state index in [1.54, 1.807) is 0 Å². The fourth-order valence-electron chi connectivity index (χ4n) is 6.94. The summed E-state index contributed by atoms with van der Waals surface area (Å²) < 4.78 is 0. The van der Waals surface area contributed by atoms with Gasteiger partial charge in [-0.25, -0.2) is 0 Å². The lowest BCUT2D eigenvalue weighted by Crippen LogP contribution is -2.44. The Labute approximate surface area is 242 Å². The van der Waals surface area contributed by atoms with Crippen molar-refractivity contribution in [2.45, 2.75) is 83.1 Å². The maximum atomic E-state index is 6.03. The Morgan fingerprint density at radius 3 is 2.38 bits per heavy atom. The molecular weight excluding hydrogens is 484 g/mol. The highest BCUT2D eigenvalue weighted by atomic mass is 15.0. The lowest BCUT2D eigenvalue weighted by molar-refractivity contribution is 0.318. The number of rotatable bonds is 11. The van der Waals surface area contributed by atoms with Gasteiger partial charge in [-0.05, 0) is 83.9 Å². The Kier molecular flexibility index (Phi) is 9.73. The first-order chi connectivity index (χ1) is 19.7. The zero-order valence-corrected chi connectivity index (χ0v) is 24.5. The minimum Gasteiger partial charge on any atom is -0.327 e. The van der Waals surface area contributed by atoms with Crippen LogP contribution >= 0.6 is 0 Å². The number of nitrogens with two attached hydrogens (primary N) is 1. The van der Waals surface area contributed by atoms with Crippen molar-refractivity contribution >= 4 is 0 Å². The van der Waals surface area contributed by atoms with Gasteiger partial charge in [-0.1, -0.05) is 136 Å². The van der Waals surface area contributed by atoms with Crippen molar-refractivity contribution in [3.63, 3.8) is 0 Å². The Morgan fingerprint density at radius 1 is 0.850 bits per heavy atom. The molecule has 0 aromatic heterocycles. The molecule has 2 heteroatoms. The fraction of sp³-hybridized carbons (Fsp3) is 0.421. The largest absolute Gasteiger partial charge is 0.327 e. The maximum Gasteiger partial charge on any atom is 0.0475 e. The van der Waals surface area contributed by atoms with Gasteiger partial charge in [-0.15, -0.1) is 0 Å². The summed E-state index contributed by atoms with van der Waals surface area (Å²) in [6.45, 7) is 4.01. The average Bonchev–Trinajstić information content (AvgIpc) is 3.25. The van der Waals surface area contributed by atoms with Crippen LogP contribution in [-0.2, 0) is 18.4 Å². The zero-order chi connectivity index (χ0) is 27.7. The third kappa shape index (κ3) is 6.85. The summed E-state index contributed by atoms with van der Waals surface area (Å²) in [6, 6.07) is 29.5. The van der Waals surface area contributed by atoms with Gasteiger partial charge in [-0.3, -0.25) is 0 Å². The molecule has 2 unspecified atom stereocenters. The topological polar surface area (TPSA) is 38.0 Å². The van der Waals surface area contributed by atoms with Gasteiger partial charge in [0, 0.05) is 12.1 Å². The fourth-order valence-corrected chi connectivity index (χ4v) is 6.94. The molecule has 0 amide bonds. The molecule has 1 heterocycles. The predicted octanol–water partition coefficient (Wildman–Crippen LogP) is 8.91. The van der Waals surface area contributed by atoms with E-state index in [2.05, 4.69) is 109 Å². The molecule has 5 rings (SSSR count). The van der Waals surface area contributed by atoms with Crippen molar-refractivity contribution in [3.8, 4) is 11.1 Å². The molecule has 0 radical (unpaired) electrons. The molecule has 3 aromatic rings. The van der Waals surface area contributed by atoms with E-state index in [0.29, 0.717) is 6.54 Å². The lowest BCUT2D eigenvalue weighted by Gasteiger charge is -2.37. The molecule has 210 valence electrons. The quantitative estimate of drug-likeness (QED) is 0.242. The maximum absolute atomic E-state index is 6.03. The molecule has 0 spiro atoms. The molecule has 1 aliphatic heterocycles. The molecule has 0 saturated carbocycles. The van der Waals surface area contributed by atoms with E-state index in [4.69, 9.17) is 5.73 Å². The van der Waals surface area contributed by atoms with E-state index in [9.17, 15) is 0 Å². The van der Waals surface area contributed by atoms with Crippen LogP contribution in [0.15, 0.2) is 103 Å². The van der Waals surface area contributed by atoms with Crippen molar-refractivity contribution in [2.24, 2.45) is 11.1 Å². The van der Waals surface area contributed by atoms with Crippen molar-refractivity contribution in [1.82, 2.24) is 5.32 Å². The normalized spacial score (nSPS) is 23.0. The van der Waals surface area contributed by atoms with E-state index in [-0.39, 0.29) is 11.0 Å². The first kappa shape index (κ1) is 28.6. The number of allylic oxidation sites excluding steroid dienone is 2. The summed E-state index contributed by atoms with van der Waals surface area (Å²) in [7, 11) is 0.